The number of nitrogens with zero attached hydrogens (tertiary/aromatic N) is 4. The minimum Gasteiger partial charge on any atom is -0.364 e. The molecule has 11 nitrogen and oxygen atoms in total. The molecule has 4 aromatic rings. The van der Waals surface area contributed by atoms with Crippen molar-refractivity contribution in [2.24, 2.45) is 10.7 Å². The molecular weight excluding hydrogens is 469 g/mol. The van der Waals surface area contributed by atoms with E-state index < -0.39 is 11.6 Å². The molecule has 0 atom stereocenters. The largest absolute Gasteiger partial charge is 0.364 e. The Balaban J connectivity index is 1.64. The van der Waals surface area contributed by atoms with Crippen LogP contribution in [0.5, 0.6) is 0 Å². The second-order valence-corrected chi connectivity index (χ2v) is 7.39. The van der Waals surface area contributed by atoms with Gasteiger partial charge in [-0.05, 0) is 30.3 Å². The first-order valence-corrected chi connectivity index (χ1v) is 10.1. The smallest absolute Gasteiger partial charge is 0.270 e. The van der Waals surface area contributed by atoms with Gasteiger partial charge in [0.1, 0.15) is 11.3 Å². The predicted octanol–water partition coefficient (Wildman–Crippen LogP) is 2.54. The van der Waals surface area contributed by atoms with Crippen LogP contribution in [0.3, 0.4) is 0 Å². The molecule has 3 aromatic heterocycles. The van der Waals surface area contributed by atoms with Crippen molar-refractivity contribution < 1.29 is 4.79 Å². The second-order valence-electron chi connectivity index (χ2n) is 6.58. The number of amidine groups is 1. The summed E-state index contributed by atoms with van der Waals surface area (Å²) in [5.41, 5.74) is 11.3. The summed E-state index contributed by atoms with van der Waals surface area (Å²) in [5, 5.41) is 15.5. The maximum absolute atomic E-state index is 12.2. The molecule has 0 unspecified atom stereocenters. The molecular formula is C20H15Cl2N9O2. The number of nitrogens with one attached hydrogen (secondary N) is 4. The first kappa shape index (κ1) is 22.0. The predicted molar refractivity (Wildman–Crippen MR) is 126 cm³/mol. The van der Waals surface area contributed by atoms with E-state index in [0.29, 0.717) is 38.6 Å². The summed E-state index contributed by atoms with van der Waals surface area (Å²) >= 11 is 12.2. The third kappa shape index (κ3) is 4.54. The quantitative estimate of drug-likeness (QED) is 0.160. The van der Waals surface area contributed by atoms with E-state index in [0.717, 1.165) is 0 Å². The Morgan fingerprint density at radius 1 is 1.12 bits per heavy atom. The monoisotopic (exact) mass is 483 g/mol. The van der Waals surface area contributed by atoms with Crippen molar-refractivity contribution in [1.29, 1.82) is 5.41 Å². The number of H-pyrrole nitrogens is 1. The molecule has 166 valence electrons. The van der Waals surface area contributed by atoms with Crippen LogP contribution in [-0.2, 0) is 4.79 Å². The molecule has 1 aromatic carbocycles. The summed E-state index contributed by atoms with van der Waals surface area (Å²) in [6.45, 7) is 0. The Morgan fingerprint density at radius 2 is 1.85 bits per heavy atom. The van der Waals surface area contributed by atoms with E-state index in [1.165, 1.54) is 16.7 Å². The molecule has 0 aliphatic heterocycles. The van der Waals surface area contributed by atoms with Gasteiger partial charge in [0.15, 0.2) is 17.4 Å². The van der Waals surface area contributed by atoms with Crippen molar-refractivity contribution >= 4 is 57.7 Å². The molecule has 13 heteroatoms. The van der Waals surface area contributed by atoms with E-state index in [9.17, 15) is 9.59 Å². The van der Waals surface area contributed by atoms with Gasteiger partial charge in [0.25, 0.3) is 11.5 Å². The molecule has 0 aliphatic rings. The van der Waals surface area contributed by atoms with Gasteiger partial charge in [-0.3, -0.25) is 35.9 Å². The summed E-state index contributed by atoms with van der Waals surface area (Å²) < 4.78 is 1.39. The van der Waals surface area contributed by atoms with Gasteiger partial charge in [-0.1, -0.05) is 35.3 Å². The topological polar surface area (TPSA) is 166 Å². The maximum atomic E-state index is 12.2. The number of rotatable bonds is 6. The number of para-hydroxylation sites is 1. The number of amides is 1. The summed E-state index contributed by atoms with van der Waals surface area (Å²) in [7, 11) is 0. The van der Waals surface area contributed by atoms with E-state index in [-0.39, 0.29) is 11.4 Å². The molecule has 33 heavy (non-hydrogen) atoms. The van der Waals surface area contributed by atoms with Gasteiger partial charge in [0.2, 0.25) is 0 Å². The Hall–Kier alpha value is -4.22. The molecule has 0 radical (unpaired) electrons. The van der Waals surface area contributed by atoms with Crippen LogP contribution in [0.1, 0.15) is 0 Å². The summed E-state index contributed by atoms with van der Waals surface area (Å²) in [6.07, 6.45) is 1.39. The normalized spacial score (nSPS) is 11.4. The minimum absolute atomic E-state index is 0.186. The van der Waals surface area contributed by atoms with Gasteiger partial charge in [-0.15, -0.1) is 0 Å². The van der Waals surface area contributed by atoms with Crippen LogP contribution in [-0.4, -0.2) is 37.0 Å². The number of halogens is 2. The number of carbonyl (C=O) groups excluding carboxylic acids is 1. The average molecular weight is 484 g/mol. The van der Waals surface area contributed by atoms with Crippen LogP contribution in [0.25, 0.3) is 17.2 Å². The number of nitrogens with two attached hydrogens (primary N) is 1. The zero-order valence-corrected chi connectivity index (χ0v) is 18.1. The number of anilines is 1. The van der Waals surface area contributed by atoms with Crippen LogP contribution >= 0.6 is 23.2 Å². The summed E-state index contributed by atoms with van der Waals surface area (Å²) in [5.74, 6) is -0.862. The number of hydrazine groups is 1. The van der Waals surface area contributed by atoms with Crippen molar-refractivity contribution in [2.45, 2.75) is 0 Å². The second kappa shape index (κ2) is 9.10. The van der Waals surface area contributed by atoms with E-state index in [1.54, 1.807) is 42.5 Å². The van der Waals surface area contributed by atoms with Crippen LogP contribution in [0, 0.1) is 5.41 Å². The summed E-state index contributed by atoms with van der Waals surface area (Å²) in [4.78, 5) is 32.3. The number of hydrogen-bond donors (Lipinski definition) is 5. The van der Waals surface area contributed by atoms with Crippen molar-refractivity contribution in [3.63, 3.8) is 0 Å². The van der Waals surface area contributed by atoms with Crippen LogP contribution in [0.15, 0.2) is 64.5 Å². The van der Waals surface area contributed by atoms with E-state index >= 15 is 0 Å². The number of hydrogen-bond acceptors (Lipinski definition) is 7. The average Bonchev–Trinajstić information content (AvgIpc) is 3.23. The van der Waals surface area contributed by atoms with Gasteiger partial charge in [0, 0.05) is 6.07 Å². The number of aromatic amines is 1. The first-order chi connectivity index (χ1) is 15.8. The third-order valence-electron chi connectivity index (χ3n) is 4.41. The highest BCUT2D eigenvalue weighted by molar-refractivity contribution is 6.65. The third-order valence-corrected chi connectivity index (χ3v) is 5.04. The molecule has 0 aliphatic carbocycles. The highest BCUT2D eigenvalue weighted by atomic mass is 35.5. The number of pyridine rings is 2. The highest BCUT2D eigenvalue weighted by Gasteiger charge is 2.16. The van der Waals surface area contributed by atoms with Crippen LogP contribution in [0.4, 0.5) is 11.4 Å². The SMILES string of the molecule is N=C(C(N)=O)C(=Nc1ccc(-c2n[nH]c3cccc(=O)n23)nc1)NNc1c(Cl)cccc1Cl. The van der Waals surface area contributed by atoms with Gasteiger partial charge in [-0.25, -0.2) is 9.39 Å². The van der Waals surface area contributed by atoms with Gasteiger partial charge in [0.05, 0.1) is 27.6 Å². The van der Waals surface area contributed by atoms with Gasteiger partial charge < -0.3 is 5.73 Å². The fourth-order valence-electron chi connectivity index (χ4n) is 2.84. The maximum Gasteiger partial charge on any atom is 0.270 e. The van der Waals surface area contributed by atoms with Crippen LogP contribution < -0.4 is 22.1 Å². The number of carbonyl (C=O) groups is 1. The molecule has 6 N–H and O–H groups in total. The molecule has 0 bridgehead atoms. The molecule has 0 spiro atoms. The van der Waals surface area contributed by atoms with Gasteiger partial charge in [-0.2, -0.15) is 5.10 Å². The van der Waals surface area contributed by atoms with E-state index in [2.05, 4.69) is 31.0 Å². The number of aliphatic imine (C=N–C) groups is 1. The Bertz CT molecular complexity index is 1440. The standard InChI is InChI=1S/C20H15Cl2N9O2/c21-11-3-1-4-12(22)17(11)28-29-19(16(23)18(24)33)26-10-7-8-13(25-9-10)20-30-27-14-5-2-6-15(32)31(14)20/h1-9,23,27-28H,(H2,24,33)(H,26,29). The minimum atomic E-state index is -1.000. The lowest BCUT2D eigenvalue weighted by atomic mass is 10.3. The number of primary amides is 1. The zero-order valence-electron chi connectivity index (χ0n) is 16.6. The lowest BCUT2D eigenvalue weighted by molar-refractivity contribution is -0.111. The first-order valence-electron chi connectivity index (χ1n) is 9.31. The number of fused-ring (bicyclic) bond motifs is 1. The van der Waals surface area contributed by atoms with Crippen LogP contribution in [0.2, 0.25) is 10.0 Å². The lowest BCUT2D eigenvalue weighted by Gasteiger charge is -2.14. The van der Waals surface area contributed by atoms with Crippen molar-refractivity contribution in [3.05, 3.63) is 75.1 Å². The number of aromatic nitrogens is 4. The number of benzene rings is 1. The zero-order chi connectivity index (χ0) is 23.5. The molecule has 3 heterocycles. The van der Waals surface area contributed by atoms with E-state index in [4.69, 9.17) is 34.3 Å². The van der Waals surface area contributed by atoms with E-state index in [1.807, 2.05) is 0 Å². The Labute approximate surface area is 195 Å². The Morgan fingerprint density at radius 3 is 2.52 bits per heavy atom. The lowest BCUT2D eigenvalue weighted by Crippen LogP contribution is -2.41. The highest BCUT2D eigenvalue weighted by Crippen LogP contribution is 2.29. The summed E-state index contributed by atoms with van der Waals surface area (Å²) in [6, 6.07) is 12.8. The molecule has 4 rings (SSSR count). The Kier molecular flexibility index (Phi) is 6.07. The molecule has 0 fully saturated rings. The fraction of sp³-hybridized carbons (Fsp3) is 0. The van der Waals surface area contributed by atoms with Crippen molar-refractivity contribution in [1.82, 2.24) is 25.0 Å². The fourth-order valence-corrected chi connectivity index (χ4v) is 3.33. The van der Waals surface area contributed by atoms with Gasteiger partial charge >= 0.3 is 0 Å². The molecule has 1 amide bonds. The molecule has 0 saturated heterocycles. The van der Waals surface area contributed by atoms with Crippen molar-refractivity contribution in [2.75, 3.05) is 5.43 Å². The molecule has 0 saturated carbocycles. The van der Waals surface area contributed by atoms with Crippen molar-refractivity contribution in [3.8, 4) is 11.5 Å².